The van der Waals surface area contributed by atoms with E-state index >= 15 is 0 Å². The molecule has 1 aromatic heterocycles. The number of furan rings is 1. The minimum absolute atomic E-state index is 0.0846. The number of nitrogens with zero attached hydrogens (tertiary/aromatic N) is 1. The summed E-state index contributed by atoms with van der Waals surface area (Å²) in [6, 6.07) is 10.3. The highest BCUT2D eigenvalue weighted by atomic mass is 16.3. The Morgan fingerprint density at radius 2 is 1.78 bits per heavy atom. The van der Waals surface area contributed by atoms with Crippen molar-refractivity contribution < 1.29 is 19.1 Å². The topological polar surface area (TPSA) is 70.8 Å². The molecule has 1 aromatic carbocycles. The van der Waals surface area contributed by atoms with Gasteiger partial charge in [-0.1, -0.05) is 39.8 Å². The molecule has 0 saturated heterocycles. The molecule has 142 valence electrons. The lowest BCUT2D eigenvalue weighted by Crippen LogP contribution is -2.32. The summed E-state index contributed by atoms with van der Waals surface area (Å²) in [6.07, 6.45) is 0.881. The number of hydrogen-bond donors (Lipinski definition) is 1. The van der Waals surface area contributed by atoms with Gasteiger partial charge in [-0.15, -0.1) is 0 Å². The maximum atomic E-state index is 13.1. The van der Waals surface area contributed by atoms with Gasteiger partial charge in [-0.25, -0.2) is 0 Å². The Balaban J connectivity index is 2.15. The van der Waals surface area contributed by atoms with E-state index in [1.165, 1.54) is 4.90 Å². The fourth-order valence-electron chi connectivity index (χ4n) is 3.27. The van der Waals surface area contributed by atoms with Gasteiger partial charge >= 0.3 is 0 Å². The highest BCUT2D eigenvalue weighted by molar-refractivity contribution is 6.17. The molecule has 1 unspecified atom stereocenters. The number of aliphatic hydroxyl groups is 1. The largest absolute Gasteiger partial charge is 0.503 e. The fourth-order valence-corrected chi connectivity index (χ4v) is 3.27. The lowest BCUT2D eigenvalue weighted by molar-refractivity contribution is -0.123. The van der Waals surface area contributed by atoms with Gasteiger partial charge in [0.1, 0.15) is 17.6 Å². The second-order valence-corrected chi connectivity index (χ2v) is 7.89. The Morgan fingerprint density at radius 1 is 1.15 bits per heavy atom. The third-order valence-corrected chi connectivity index (χ3v) is 4.79. The zero-order valence-corrected chi connectivity index (χ0v) is 16.4. The minimum Gasteiger partial charge on any atom is -0.503 e. The van der Waals surface area contributed by atoms with Crippen LogP contribution in [-0.2, 0) is 16.0 Å². The molecule has 1 aliphatic rings. The summed E-state index contributed by atoms with van der Waals surface area (Å²) >= 11 is 0. The van der Waals surface area contributed by atoms with Crippen LogP contribution in [0.3, 0.4) is 0 Å². The molecule has 1 aliphatic heterocycles. The van der Waals surface area contributed by atoms with E-state index in [-0.39, 0.29) is 11.4 Å². The lowest BCUT2D eigenvalue weighted by atomic mass is 9.83. The molecule has 0 radical (unpaired) electrons. The zero-order valence-electron chi connectivity index (χ0n) is 16.4. The van der Waals surface area contributed by atoms with Crippen LogP contribution < -0.4 is 4.90 Å². The van der Waals surface area contributed by atoms with Crippen LogP contribution in [-0.4, -0.2) is 16.8 Å². The van der Waals surface area contributed by atoms with Crippen LogP contribution in [0.4, 0.5) is 5.69 Å². The molecule has 0 saturated carbocycles. The van der Waals surface area contributed by atoms with E-state index in [2.05, 4.69) is 6.92 Å². The van der Waals surface area contributed by atoms with Crippen molar-refractivity contribution in [1.82, 2.24) is 0 Å². The van der Waals surface area contributed by atoms with Crippen LogP contribution in [0.25, 0.3) is 0 Å². The van der Waals surface area contributed by atoms with Crippen molar-refractivity contribution in [3.63, 3.8) is 0 Å². The quantitative estimate of drug-likeness (QED) is 0.853. The van der Waals surface area contributed by atoms with Crippen molar-refractivity contribution in [1.29, 1.82) is 0 Å². The number of aliphatic hydroxyl groups excluding tert-OH is 1. The van der Waals surface area contributed by atoms with Crippen molar-refractivity contribution >= 4 is 17.4 Å². The molecule has 1 N–H and O–H groups in total. The van der Waals surface area contributed by atoms with Gasteiger partial charge in [0.05, 0.1) is 5.57 Å². The number of ketones is 1. The second-order valence-electron chi connectivity index (χ2n) is 7.89. The molecule has 0 spiro atoms. The molecular formula is C22H25NO4. The van der Waals surface area contributed by atoms with Gasteiger partial charge < -0.3 is 9.52 Å². The number of hydrogen-bond acceptors (Lipinski definition) is 4. The van der Waals surface area contributed by atoms with Crippen LogP contribution in [0.2, 0.25) is 0 Å². The summed E-state index contributed by atoms with van der Waals surface area (Å²) in [5.74, 6) is -0.246. The highest BCUT2D eigenvalue weighted by Gasteiger charge is 2.48. The van der Waals surface area contributed by atoms with Gasteiger partial charge in [0.15, 0.2) is 11.5 Å². The molecule has 1 amide bonds. The van der Waals surface area contributed by atoms with Gasteiger partial charge in [-0.2, -0.15) is 0 Å². The molecule has 5 nitrogen and oxygen atoms in total. The third-order valence-electron chi connectivity index (χ3n) is 4.79. The van der Waals surface area contributed by atoms with Gasteiger partial charge in [0, 0.05) is 11.1 Å². The smallest absolute Gasteiger partial charge is 0.294 e. The number of aryl methyl sites for hydroxylation is 2. The summed E-state index contributed by atoms with van der Waals surface area (Å²) < 4.78 is 5.76. The standard InChI is InChI=1S/C22H25NO4/c1-6-14-8-10-15(11-9-14)23-18(16-12-7-13(2)27-16)17(19(24)21(23)26)20(25)22(3,4)5/h7-12,18,24H,6H2,1-5H3. The van der Waals surface area contributed by atoms with E-state index < -0.39 is 23.1 Å². The Kier molecular flexibility index (Phi) is 4.72. The lowest BCUT2D eigenvalue weighted by Gasteiger charge is -2.27. The first-order valence-electron chi connectivity index (χ1n) is 9.12. The molecule has 1 atom stereocenters. The van der Waals surface area contributed by atoms with Crippen molar-refractivity contribution in [2.24, 2.45) is 5.41 Å². The molecule has 0 aliphatic carbocycles. The molecule has 0 fully saturated rings. The zero-order chi connectivity index (χ0) is 19.9. The van der Waals surface area contributed by atoms with Crippen molar-refractivity contribution in [2.45, 2.75) is 47.1 Å². The van der Waals surface area contributed by atoms with Crippen LogP contribution in [0, 0.1) is 12.3 Å². The third kappa shape index (κ3) is 3.29. The van der Waals surface area contributed by atoms with E-state index in [0.29, 0.717) is 17.2 Å². The number of amides is 1. The minimum atomic E-state index is -0.787. The molecule has 3 rings (SSSR count). The molecule has 2 aromatic rings. The first-order chi connectivity index (χ1) is 12.6. The van der Waals surface area contributed by atoms with Gasteiger partial charge in [-0.05, 0) is 43.2 Å². The average Bonchev–Trinajstić information content (AvgIpc) is 3.15. The maximum absolute atomic E-state index is 13.1. The Morgan fingerprint density at radius 3 is 2.26 bits per heavy atom. The Labute approximate surface area is 159 Å². The number of benzene rings is 1. The van der Waals surface area contributed by atoms with Crippen LogP contribution in [0.5, 0.6) is 0 Å². The number of anilines is 1. The summed E-state index contributed by atoms with van der Waals surface area (Å²) in [5, 5.41) is 10.6. The molecule has 27 heavy (non-hydrogen) atoms. The summed E-state index contributed by atoms with van der Waals surface area (Å²) in [6.45, 7) is 9.16. The van der Waals surface area contributed by atoms with E-state index in [1.807, 2.05) is 24.3 Å². The first kappa shape index (κ1) is 19.0. The van der Waals surface area contributed by atoms with E-state index in [9.17, 15) is 14.7 Å². The van der Waals surface area contributed by atoms with Crippen LogP contribution in [0.15, 0.2) is 52.1 Å². The predicted octanol–water partition coefficient (Wildman–Crippen LogP) is 4.67. The second kappa shape index (κ2) is 6.72. The fraction of sp³-hybridized carbons (Fsp3) is 0.364. The number of carbonyl (C=O) groups is 2. The SMILES string of the molecule is CCc1ccc(N2C(=O)C(O)=C(C(=O)C(C)(C)C)C2c2ccc(C)o2)cc1. The van der Waals surface area contributed by atoms with Crippen LogP contribution >= 0.6 is 0 Å². The molecule has 2 heterocycles. The Bertz CT molecular complexity index is 913. The summed E-state index contributed by atoms with van der Waals surface area (Å²) in [4.78, 5) is 27.4. The van der Waals surface area contributed by atoms with E-state index in [4.69, 9.17) is 4.42 Å². The van der Waals surface area contributed by atoms with Crippen molar-refractivity contribution in [3.8, 4) is 0 Å². The van der Waals surface area contributed by atoms with E-state index in [0.717, 1.165) is 12.0 Å². The predicted molar refractivity (Wildman–Crippen MR) is 104 cm³/mol. The van der Waals surface area contributed by atoms with Gasteiger partial charge in [0.2, 0.25) is 0 Å². The van der Waals surface area contributed by atoms with Crippen molar-refractivity contribution in [2.75, 3.05) is 4.90 Å². The van der Waals surface area contributed by atoms with Crippen LogP contribution in [0.1, 0.15) is 50.8 Å². The summed E-state index contributed by atoms with van der Waals surface area (Å²) in [7, 11) is 0. The van der Waals surface area contributed by atoms with Gasteiger partial charge in [-0.3, -0.25) is 14.5 Å². The van der Waals surface area contributed by atoms with E-state index in [1.54, 1.807) is 39.8 Å². The molecule has 0 bridgehead atoms. The Hall–Kier alpha value is -2.82. The first-order valence-corrected chi connectivity index (χ1v) is 9.12. The number of rotatable bonds is 4. The number of carbonyl (C=O) groups excluding carboxylic acids is 2. The normalized spacial score (nSPS) is 17.7. The molecule has 5 heteroatoms. The summed E-state index contributed by atoms with van der Waals surface area (Å²) in [5.41, 5.74) is 1.09. The highest BCUT2D eigenvalue weighted by Crippen LogP contribution is 2.43. The van der Waals surface area contributed by atoms with Crippen molar-refractivity contribution in [3.05, 3.63) is 64.8 Å². The maximum Gasteiger partial charge on any atom is 0.294 e. The number of Topliss-reactive ketones (excluding diaryl/α,β-unsaturated/α-hetero) is 1. The monoisotopic (exact) mass is 367 g/mol. The van der Waals surface area contributed by atoms with Gasteiger partial charge in [0.25, 0.3) is 5.91 Å². The average molecular weight is 367 g/mol. The molecular weight excluding hydrogens is 342 g/mol.